The zero-order chi connectivity index (χ0) is 17.4. The number of carbonyl (C=O) groups is 2. The first-order chi connectivity index (χ1) is 10.6. The van der Waals surface area contributed by atoms with Crippen LogP contribution in [0.1, 0.15) is 45.2 Å². The van der Waals surface area contributed by atoms with Crippen LogP contribution in [0.25, 0.3) is 0 Å². The van der Waals surface area contributed by atoms with E-state index in [-0.39, 0.29) is 6.04 Å². The van der Waals surface area contributed by atoms with E-state index in [1.807, 2.05) is 0 Å². The van der Waals surface area contributed by atoms with Crippen molar-refractivity contribution >= 4 is 39.6 Å². The standard InChI is InChI=1S/C16H19BrClNO4/c1-16(2,3)23-15(22)19(10-5-6-10)13(14(20)21)11-8-9(17)4-7-12(11)18/h4,7-8,10,13H,5-6H2,1-3H3,(H,20,21). The molecule has 0 radical (unpaired) electrons. The Morgan fingerprint density at radius 3 is 2.48 bits per heavy atom. The third-order valence-electron chi connectivity index (χ3n) is 3.31. The van der Waals surface area contributed by atoms with Gasteiger partial charge in [0, 0.05) is 21.1 Å². The maximum Gasteiger partial charge on any atom is 0.411 e. The number of benzene rings is 1. The second-order valence-corrected chi connectivity index (χ2v) is 7.85. The van der Waals surface area contributed by atoms with Crippen molar-refractivity contribution in [2.75, 3.05) is 0 Å². The minimum atomic E-state index is -1.18. The summed E-state index contributed by atoms with van der Waals surface area (Å²) in [5.41, 5.74) is -0.333. The molecule has 1 fully saturated rings. The number of carboxylic acids is 1. The molecule has 0 aromatic heterocycles. The Hall–Kier alpha value is -1.27. The van der Waals surface area contributed by atoms with Crippen LogP contribution in [0, 0.1) is 0 Å². The molecule has 1 atom stereocenters. The zero-order valence-corrected chi connectivity index (χ0v) is 15.5. The minimum Gasteiger partial charge on any atom is -0.479 e. The summed E-state index contributed by atoms with van der Waals surface area (Å²) >= 11 is 9.49. The summed E-state index contributed by atoms with van der Waals surface area (Å²) in [4.78, 5) is 25.7. The minimum absolute atomic E-state index is 0.138. The smallest absolute Gasteiger partial charge is 0.411 e. The fourth-order valence-corrected chi connectivity index (χ4v) is 2.86. The Morgan fingerprint density at radius 2 is 2.00 bits per heavy atom. The number of hydrogen-bond acceptors (Lipinski definition) is 3. The molecule has 1 unspecified atom stereocenters. The summed E-state index contributed by atoms with van der Waals surface area (Å²) in [5, 5.41) is 10.0. The highest BCUT2D eigenvalue weighted by Crippen LogP contribution is 2.38. The van der Waals surface area contributed by atoms with Crippen molar-refractivity contribution in [2.45, 2.75) is 51.3 Å². The van der Waals surface area contributed by atoms with Gasteiger partial charge >= 0.3 is 12.1 Å². The molecule has 1 N–H and O–H groups in total. The molecule has 7 heteroatoms. The Bertz CT molecular complexity index is 625. The van der Waals surface area contributed by atoms with Gasteiger partial charge in [-0.1, -0.05) is 27.5 Å². The molecule has 1 aliphatic rings. The number of ether oxygens (including phenoxy) is 1. The quantitative estimate of drug-likeness (QED) is 0.794. The van der Waals surface area contributed by atoms with Gasteiger partial charge in [-0.15, -0.1) is 0 Å². The first kappa shape index (κ1) is 18.1. The van der Waals surface area contributed by atoms with Crippen molar-refractivity contribution in [1.82, 2.24) is 4.90 Å². The van der Waals surface area contributed by atoms with E-state index in [1.54, 1.807) is 39.0 Å². The maximum atomic E-state index is 12.5. The van der Waals surface area contributed by atoms with Crippen LogP contribution in [0.3, 0.4) is 0 Å². The maximum absolute atomic E-state index is 12.5. The molecule has 2 rings (SSSR count). The van der Waals surface area contributed by atoms with Gasteiger partial charge in [-0.05, 0) is 51.8 Å². The predicted molar refractivity (Wildman–Crippen MR) is 90.6 cm³/mol. The first-order valence-electron chi connectivity index (χ1n) is 7.29. The van der Waals surface area contributed by atoms with Gasteiger partial charge in [-0.3, -0.25) is 4.90 Å². The van der Waals surface area contributed by atoms with Crippen LogP contribution in [-0.4, -0.2) is 33.7 Å². The molecule has 1 aromatic carbocycles. The number of carboxylic acid groups (broad SMARTS) is 1. The van der Waals surface area contributed by atoms with Crippen molar-refractivity contribution in [3.05, 3.63) is 33.3 Å². The van der Waals surface area contributed by atoms with Crippen LogP contribution in [0.2, 0.25) is 5.02 Å². The number of rotatable bonds is 4. The highest BCUT2D eigenvalue weighted by atomic mass is 79.9. The van der Waals surface area contributed by atoms with Gasteiger partial charge in [0.25, 0.3) is 0 Å². The number of aliphatic carboxylic acids is 1. The van der Waals surface area contributed by atoms with Gasteiger partial charge in [-0.2, -0.15) is 0 Å². The van der Waals surface area contributed by atoms with E-state index in [4.69, 9.17) is 16.3 Å². The molecule has 0 aliphatic heterocycles. The lowest BCUT2D eigenvalue weighted by Gasteiger charge is -2.32. The largest absolute Gasteiger partial charge is 0.479 e. The van der Waals surface area contributed by atoms with E-state index in [2.05, 4.69) is 15.9 Å². The third-order valence-corrected chi connectivity index (χ3v) is 4.15. The molecule has 0 bridgehead atoms. The molecule has 0 spiro atoms. The molecular formula is C16H19BrClNO4. The SMILES string of the molecule is CC(C)(C)OC(=O)N(C1CC1)C(C(=O)O)c1cc(Br)ccc1Cl. The van der Waals surface area contributed by atoms with Crippen LogP contribution in [0.4, 0.5) is 4.79 Å². The van der Waals surface area contributed by atoms with Crippen molar-refractivity contribution in [3.8, 4) is 0 Å². The van der Waals surface area contributed by atoms with Crippen molar-refractivity contribution in [2.24, 2.45) is 0 Å². The van der Waals surface area contributed by atoms with E-state index in [9.17, 15) is 14.7 Å². The summed E-state index contributed by atoms with van der Waals surface area (Å²) in [6.07, 6.45) is 0.881. The Kier molecular flexibility index (Phi) is 5.26. The lowest BCUT2D eigenvalue weighted by atomic mass is 10.1. The zero-order valence-electron chi connectivity index (χ0n) is 13.2. The van der Waals surface area contributed by atoms with Crippen LogP contribution in [0.5, 0.6) is 0 Å². The highest BCUT2D eigenvalue weighted by Gasteiger charge is 2.44. The van der Waals surface area contributed by atoms with Crippen LogP contribution in [-0.2, 0) is 9.53 Å². The topological polar surface area (TPSA) is 66.8 Å². The number of amides is 1. The van der Waals surface area contributed by atoms with Crippen LogP contribution < -0.4 is 0 Å². The molecule has 126 valence electrons. The molecule has 1 aromatic rings. The Balaban J connectivity index is 2.42. The van der Waals surface area contributed by atoms with E-state index in [0.717, 1.165) is 12.8 Å². The Labute approximate surface area is 148 Å². The van der Waals surface area contributed by atoms with Crippen molar-refractivity contribution < 1.29 is 19.4 Å². The van der Waals surface area contributed by atoms with Crippen LogP contribution >= 0.6 is 27.5 Å². The molecule has 1 amide bonds. The van der Waals surface area contributed by atoms with Crippen molar-refractivity contribution in [3.63, 3.8) is 0 Å². The summed E-state index contributed by atoms with van der Waals surface area (Å²) in [6, 6.07) is 3.64. The monoisotopic (exact) mass is 403 g/mol. The number of nitrogens with zero attached hydrogens (tertiary/aromatic N) is 1. The average molecular weight is 405 g/mol. The molecule has 23 heavy (non-hydrogen) atoms. The molecule has 0 heterocycles. The lowest BCUT2D eigenvalue weighted by molar-refractivity contribution is -0.143. The van der Waals surface area contributed by atoms with Gasteiger partial charge < -0.3 is 9.84 Å². The van der Waals surface area contributed by atoms with Gasteiger partial charge in [0.15, 0.2) is 6.04 Å². The predicted octanol–water partition coefficient (Wildman–Crippen LogP) is 4.63. The highest BCUT2D eigenvalue weighted by molar-refractivity contribution is 9.10. The van der Waals surface area contributed by atoms with E-state index in [1.165, 1.54) is 4.90 Å². The summed E-state index contributed by atoms with van der Waals surface area (Å²) < 4.78 is 6.09. The van der Waals surface area contributed by atoms with Gasteiger partial charge in [-0.25, -0.2) is 9.59 Å². The third kappa shape index (κ3) is 4.61. The number of hydrogen-bond donors (Lipinski definition) is 1. The second-order valence-electron chi connectivity index (χ2n) is 6.53. The first-order valence-corrected chi connectivity index (χ1v) is 8.46. The fourth-order valence-electron chi connectivity index (χ4n) is 2.26. The summed E-state index contributed by atoms with van der Waals surface area (Å²) in [5.74, 6) is -1.14. The Morgan fingerprint density at radius 1 is 1.39 bits per heavy atom. The van der Waals surface area contributed by atoms with E-state index < -0.39 is 23.7 Å². The summed E-state index contributed by atoms with van der Waals surface area (Å²) in [6.45, 7) is 5.24. The van der Waals surface area contributed by atoms with E-state index in [0.29, 0.717) is 15.1 Å². The van der Waals surface area contributed by atoms with Crippen LogP contribution in [0.15, 0.2) is 22.7 Å². The summed E-state index contributed by atoms with van der Waals surface area (Å²) in [7, 11) is 0. The van der Waals surface area contributed by atoms with Gasteiger partial charge in [0.2, 0.25) is 0 Å². The number of halogens is 2. The van der Waals surface area contributed by atoms with Gasteiger partial charge in [0.1, 0.15) is 5.60 Å². The molecule has 5 nitrogen and oxygen atoms in total. The van der Waals surface area contributed by atoms with Crippen molar-refractivity contribution in [1.29, 1.82) is 0 Å². The molecule has 1 aliphatic carbocycles. The fraction of sp³-hybridized carbons (Fsp3) is 0.500. The second kappa shape index (κ2) is 6.69. The average Bonchev–Trinajstić information content (AvgIpc) is 3.20. The lowest BCUT2D eigenvalue weighted by Crippen LogP contribution is -2.43. The number of carbonyl (C=O) groups excluding carboxylic acids is 1. The van der Waals surface area contributed by atoms with Gasteiger partial charge in [0.05, 0.1) is 0 Å². The molecule has 0 saturated heterocycles. The molecule has 1 saturated carbocycles. The normalized spacial score (nSPS) is 15.9. The van der Waals surface area contributed by atoms with E-state index >= 15 is 0 Å². The molecular weight excluding hydrogens is 386 g/mol.